The summed E-state index contributed by atoms with van der Waals surface area (Å²) in [7, 11) is 0. The zero-order valence-corrected chi connectivity index (χ0v) is 18.3. The Morgan fingerprint density at radius 3 is 1.15 bits per heavy atom. The fourth-order valence-electron chi connectivity index (χ4n) is 6.30. The van der Waals surface area contributed by atoms with Gasteiger partial charge in [0.05, 0.1) is 0 Å². The summed E-state index contributed by atoms with van der Waals surface area (Å²) < 4.78 is 0. The van der Waals surface area contributed by atoms with Crippen molar-refractivity contribution in [2.45, 2.75) is 91.9 Å². The Balaban J connectivity index is 2.12. The number of rotatable bonds is 0. The van der Waals surface area contributed by atoms with Gasteiger partial charge in [0, 0.05) is 11.8 Å². The third-order valence-corrected chi connectivity index (χ3v) is 8.32. The predicted molar refractivity (Wildman–Crippen MR) is 113 cm³/mol. The van der Waals surface area contributed by atoms with Crippen molar-refractivity contribution in [2.75, 3.05) is 0 Å². The Morgan fingerprint density at radius 2 is 0.846 bits per heavy atom. The molecule has 0 heteroatoms. The molecule has 2 aromatic carbocycles. The van der Waals surface area contributed by atoms with Crippen molar-refractivity contribution in [3.8, 4) is 0 Å². The van der Waals surface area contributed by atoms with Crippen LogP contribution < -0.4 is 0 Å². The van der Waals surface area contributed by atoms with Crippen molar-refractivity contribution >= 4 is 0 Å². The van der Waals surface area contributed by atoms with Crippen LogP contribution >= 0.6 is 0 Å². The molecule has 0 radical (unpaired) electrons. The topological polar surface area (TPSA) is 0 Å². The molecule has 2 aliphatic rings. The van der Waals surface area contributed by atoms with Gasteiger partial charge in [-0.15, -0.1) is 0 Å². The van der Waals surface area contributed by atoms with Crippen molar-refractivity contribution in [1.29, 1.82) is 0 Å². The standard InChI is InChI=1S/C26H34/c1-13-11-19-21(17(5)15(13)3)23-24(25(19,7)8)22-18(6)16(4)14(2)12-20(22)26(23,9)10/h11-12,23-24H,1-10H3. The first kappa shape index (κ1) is 17.8. The van der Waals surface area contributed by atoms with Crippen LogP contribution in [0.25, 0.3) is 0 Å². The lowest BCUT2D eigenvalue weighted by atomic mass is 9.71. The fraction of sp³-hybridized carbons (Fsp3) is 0.538. The highest BCUT2D eigenvalue weighted by molar-refractivity contribution is 5.65. The molecule has 0 bridgehead atoms. The summed E-state index contributed by atoms with van der Waals surface area (Å²) in [6.07, 6.45) is 0. The van der Waals surface area contributed by atoms with Crippen molar-refractivity contribution in [2.24, 2.45) is 0 Å². The van der Waals surface area contributed by atoms with Crippen LogP contribution in [0.1, 0.15) is 95.2 Å². The Hall–Kier alpha value is -1.56. The summed E-state index contributed by atoms with van der Waals surface area (Å²) in [6, 6.07) is 5.00. The smallest absolute Gasteiger partial charge is 0.00131 e. The maximum absolute atomic E-state index is 2.50. The number of fused-ring (bicyclic) bond motifs is 5. The molecule has 26 heavy (non-hydrogen) atoms. The zero-order valence-electron chi connectivity index (χ0n) is 18.3. The van der Waals surface area contributed by atoms with Gasteiger partial charge < -0.3 is 0 Å². The summed E-state index contributed by atoms with van der Waals surface area (Å²) in [5, 5.41) is 0. The van der Waals surface area contributed by atoms with Crippen LogP contribution in [-0.4, -0.2) is 0 Å². The minimum absolute atomic E-state index is 0.179. The van der Waals surface area contributed by atoms with E-state index in [4.69, 9.17) is 0 Å². The second-order valence-electron chi connectivity index (χ2n) is 10.2. The Labute approximate surface area is 160 Å². The quantitative estimate of drug-likeness (QED) is 0.482. The Bertz CT molecular complexity index is 873. The van der Waals surface area contributed by atoms with E-state index in [0.717, 1.165) is 0 Å². The first-order valence-electron chi connectivity index (χ1n) is 10.1. The summed E-state index contributed by atoms with van der Waals surface area (Å²) in [6.45, 7) is 23.9. The highest BCUT2D eigenvalue weighted by Gasteiger charge is 2.59. The molecule has 2 aliphatic carbocycles. The summed E-state index contributed by atoms with van der Waals surface area (Å²) in [5.41, 5.74) is 15.8. The van der Waals surface area contributed by atoms with Crippen molar-refractivity contribution < 1.29 is 0 Å². The molecule has 0 saturated heterocycles. The van der Waals surface area contributed by atoms with E-state index in [2.05, 4.69) is 81.4 Å². The van der Waals surface area contributed by atoms with Crippen LogP contribution in [0.4, 0.5) is 0 Å². The van der Waals surface area contributed by atoms with Crippen LogP contribution in [0.15, 0.2) is 12.1 Å². The van der Waals surface area contributed by atoms with E-state index in [1.807, 2.05) is 0 Å². The Kier molecular flexibility index (Phi) is 3.45. The van der Waals surface area contributed by atoms with E-state index in [1.165, 1.54) is 33.4 Å². The summed E-state index contributed by atoms with van der Waals surface area (Å²) >= 11 is 0. The molecule has 0 saturated carbocycles. The normalized spacial score (nSPS) is 24.4. The zero-order chi connectivity index (χ0) is 19.3. The van der Waals surface area contributed by atoms with Crippen molar-refractivity contribution in [1.82, 2.24) is 0 Å². The molecule has 138 valence electrons. The van der Waals surface area contributed by atoms with Gasteiger partial charge in [-0.2, -0.15) is 0 Å². The molecule has 2 aromatic rings. The monoisotopic (exact) mass is 346 g/mol. The molecule has 0 aliphatic heterocycles. The first-order valence-corrected chi connectivity index (χ1v) is 10.1. The van der Waals surface area contributed by atoms with Gasteiger partial charge in [0.1, 0.15) is 0 Å². The van der Waals surface area contributed by atoms with E-state index in [9.17, 15) is 0 Å². The van der Waals surface area contributed by atoms with E-state index in [1.54, 1.807) is 22.3 Å². The molecule has 0 amide bonds. The van der Waals surface area contributed by atoms with Crippen LogP contribution in [0.3, 0.4) is 0 Å². The minimum atomic E-state index is 0.179. The van der Waals surface area contributed by atoms with E-state index >= 15 is 0 Å². The van der Waals surface area contributed by atoms with Gasteiger partial charge in [-0.05, 0) is 108 Å². The van der Waals surface area contributed by atoms with Gasteiger partial charge in [-0.3, -0.25) is 0 Å². The van der Waals surface area contributed by atoms with Crippen molar-refractivity contribution in [3.05, 3.63) is 67.8 Å². The molecule has 0 heterocycles. The number of hydrogen-bond acceptors (Lipinski definition) is 0. The highest BCUT2D eigenvalue weighted by Crippen LogP contribution is 2.68. The summed E-state index contributed by atoms with van der Waals surface area (Å²) in [5.74, 6) is 1.17. The van der Waals surface area contributed by atoms with Gasteiger partial charge >= 0.3 is 0 Å². The maximum Gasteiger partial charge on any atom is 0.00131 e. The lowest BCUT2D eigenvalue weighted by molar-refractivity contribution is 0.348. The molecule has 0 spiro atoms. The molecular weight excluding hydrogens is 312 g/mol. The van der Waals surface area contributed by atoms with Crippen LogP contribution in [0.2, 0.25) is 0 Å². The molecular formula is C26H34. The molecule has 4 rings (SSSR count). The van der Waals surface area contributed by atoms with Gasteiger partial charge in [-0.1, -0.05) is 39.8 Å². The highest BCUT2D eigenvalue weighted by atomic mass is 14.6. The van der Waals surface area contributed by atoms with E-state index < -0.39 is 0 Å². The third kappa shape index (κ3) is 1.86. The average molecular weight is 347 g/mol. The molecule has 0 fully saturated rings. The molecule has 0 N–H and O–H groups in total. The maximum atomic E-state index is 2.50. The predicted octanol–water partition coefficient (Wildman–Crippen LogP) is 6.99. The SMILES string of the molecule is Cc1cc2c(c(C)c1C)C1C(c3c(cc(C)c(C)c3C)C1(C)C)C2(C)C. The summed E-state index contributed by atoms with van der Waals surface area (Å²) in [4.78, 5) is 0. The lowest BCUT2D eigenvalue weighted by Crippen LogP contribution is -2.25. The number of hydrogen-bond donors (Lipinski definition) is 0. The average Bonchev–Trinajstić information content (AvgIpc) is 2.92. The largest absolute Gasteiger partial charge is 0.0552 e. The minimum Gasteiger partial charge on any atom is -0.0552 e. The van der Waals surface area contributed by atoms with Crippen LogP contribution in [-0.2, 0) is 10.8 Å². The Morgan fingerprint density at radius 1 is 0.538 bits per heavy atom. The fourth-order valence-corrected chi connectivity index (χ4v) is 6.30. The van der Waals surface area contributed by atoms with Crippen LogP contribution in [0, 0.1) is 41.5 Å². The molecule has 0 nitrogen and oxygen atoms in total. The van der Waals surface area contributed by atoms with Gasteiger partial charge in [0.25, 0.3) is 0 Å². The lowest BCUT2D eigenvalue weighted by Gasteiger charge is -2.31. The number of benzene rings is 2. The van der Waals surface area contributed by atoms with Gasteiger partial charge in [-0.25, -0.2) is 0 Å². The third-order valence-electron chi connectivity index (χ3n) is 8.32. The number of aryl methyl sites for hydroxylation is 2. The van der Waals surface area contributed by atoms with Crippen molar-refractivity contribution in [3.63, 3.8) is 0 Å². The molecule has 0 aromatic heterocycles. The van der Waals surface area contributed by atoms with Crippen LogP contribution in [0.5, 0.6) is 0 Å². The molecule has 2 atom stereocenters. The van der Waals surface area contributed by atoms with Gasteiger partial charge in [0.2, 0.25) is 0 Å². The second kappa shape index (κ2) is 5.03. The molecule has 2 unspecified atom stereocenters. The van der Waals surface area contributed by atoms with E-state index in [-0.39, 0.29) is 10.8 Å². The first-order chi connectivity index (χ1) is 11.9. The second-order valence-corrected chi connectivity index (χ2v) is 10.2. The van der Waals surface area contributed by atoms with E-state index in [0.29, 0.717) is 11.8 Å². The van der Waals surface area contributed by atoms with Gasteiger partial charge in [0.15, 0.2) is 0 Å².